The zero-order chi connectivity index (χ0) is 10.2. The monoisotopic (exact) mass is 227 g/mol. The molecule has 83 valence electrons. The molecule has 0 bridgehead atoms. The summed E-state index contributed by atoms with van der Waals surface area (Å²) in [6.45, 7) is 0. The van der Waals surface area contributed by atoms with Crippen LogP contribution in [0.25, 0.3) is 0 Å². The Balaban J connectivity index is 0. The SMILES string of the molecule is COO[Si](OOC)(OOC)OOC.[B]. The van der Waals surface area contributed by atoms with E-state index in [0.29, 0.717) is 0 Å². The standard InChI is InChI=1S/C4H12O8Si.B/c1-5-9-13(10-6-2,11-7-3)12-8-4;/h1-4H3;. The van der Waals surface area contributed by atoms with Crippen molar-refractivity contribution in [1.82, 2.24) is 0 Å². The third-order valence-corrected chi connectivity index (χ3v) is 2.22. The largest absolute Gasteiger partial charge is 0.792 e. The highest BCUT2D eigenvalue weighted by Crippen LogP contribution is 2.12. The third-order valence-electron chi connectivity index (χ3n) is 0.742. The van der Waals surface area contributed by atoms with Crippen LogP contribution in [0.15, 0.2) is 0 Å². The van der Waals surface area contributed by atoms with Crippen LogP contribution in [0.1, 0.15) is 0 Å². The molecule has 0 rings (SSSR count). The number of hydrogen-bond donors (Lipinski definition) is 0. The summed E-state index contributed by atoms with van der Waals surface area (Å²) in [4.78, 5) is 17.2. The third kappa shape index (κ3) is 5.64. The van der Waals surface area contributed by atoms with Gasteiger partial charge in [0.25, 0.3) is 0 Å². The van der Waals surface area contributed by atoms with Crippen LogP contribution in [0.4, 0.5) is 0 Å². The lowest BCUT2D eigenvalue weighted by Gasteiger charge is -2.19. The molecule has 0 saturated heterocycles. The molecule has 0 fully saturated rings. The Bertz CT molecular complexity index is 96.4. The molecule has 0 unspecified atom stereocenters. The molecule has 10 heteroatoms. The molecule has 0 aromatic rings. The second kappa shape index (κ2) is 9.51. The molecule has 0 heterocycles. The maximum absolute atomic E-state index is 4.55. The van der Waals surface area contributed by atoms with Crippen molar-refractivity contribution in [2.45, 2.75) is 0 Å². The Morgan fingerprint density at radius 1 is 0.571 bits per heavy atom. The Morgan fingerprint density at radius 2 is 0.786 bits per heavy atom. The van der Waals surface area contributed by atoms with Gasteiger partial charge in [-0.05, 0) is 0 Å². The summed E-state index contributed by atoms with van der Waals surface area (Å²) in [7, 11) is 1.26. The van der Waals surface area contributed by atoms with E-state index in [2.05, 4.69) is 37.9 Å². The summed E-state index contributed by atoms with van der Waals surface area (Å²) in [6.07, 6.45) is 0. The van der Waals surface area contributed by atoms with E-state index < -0.39 is 9.05 Å². The predicted molar refractivity (Wildman–Crippen MR) is 43.9 cm³/mol. The van der Waals surface area contributed by atoms with Gasteiger partial charge >= 0.3 is 9.05 Å². The van der Waals surface area contributed by atoms with Gasteiger partial charge in [0.05, 0.1) is 28.4 Å². The minimum absolute atomic E-state index is 0. The molecule has 0 spiro atoms. The fraction of sp³-hybridized carbons (Fsp3) is 1.00. The summed E-state index contributed by atoms with van der Waals surface area (Å²) >= 11 is 0. The number of rotatable bonds is 8. The van der Waals surface area contributed by atoms with Crippen molar-refractivity contribution in [3.8, 4) is 0 Å². The van der Waals surface area contributed by atoms with Crippen molar-refractivity contribution in [3.05, 3.63) is 0 Å². The van der Waals surface area contributed by atoms with Crippen LogP contribution >= 0.6 is 0 Å². The van der Waals surface area contributed by atoms with Crippen LogP contribution in [0, 0.1) is 0 Å². The van der Waals surface area contributed by atoms with Crippen molar-refractivity contribution >= 4 is 17.5 Å². The van der Waals surface area contributed by atoms with Gasteiger partial charge < -0.3 is 0 Å². The van der Waals surface area contributed by atoms with Crippen molar-refractivity contribution in [2.75, 3.05) is 28.4 Å². The van der Waals surface area contributed by atoms with Gasteiger partial charge in [-0.15, -0.1) is 0 Å². The van der Waals surface area contributed by atoms with Crippen LogP contribution < -0.4 is 0 Å². The van der Waals surface area contributed by atoms with Gasteiger partial charge in [0, 0.05) is 8.41 Å². The van der Waals surface area contributed by atoms with Crippen LogP contribution in [-0.2, 0) is 37.9 Å². The van der Waals surface area contributed by atoms with Gasteiger partial charge in [-0.3, -0.25) is 0 Å². The second-order valence-corrected chi connectivity index (χ2v) is 3.17. The molecule has 8 nitrogen and oxygen atoms in total. The topological polar surface area (TPSA) is 73.8 Å². The molecule has 0 aliphatic rings. The Labute approximate surface area is 84.7 Å². The summed E-state index contributed by atoms with van der Waals surface area (Å²) in [5.41, 5.74) is 0. The highest BCUT2D eigenvalue weighted by atomic mass is 28.4. The first-order valence-electron chi connectivity index (χ1n) is 3.12. The van der Waals surface area contributed by atoms with Crippen molar-refractivity contribution in [3.63, 3.8) is 0 Å². The van der Waals surface area contributed by atoms with E-state index in [1.807, 2.05) is 0 Å². The maximum Gasteiger partial charge on any atom is 0.792 e. The molecule has 0 aliphatic heterocycles. The Kier molecular flexibility index (Phi) is 11.1. The summed E-state index contributed by atoms with van der Waals surface area (Å²) < 4.78 is 18.2. The summed E-state index contributed by atoms with van der Waals surface area (Å²) in [6, 6.07) is 0. The Hall–Kier alpha value is -0.0382. The lowest BCUT2D eigenvalue weighted by atomic mass is 10.8. The predicted octanol–water partition coefficient (Wildman–Crippen LogP) is -0.647. The molecule has 0 amide bonds. The number of hydrogen-bond acceptors (Lipinski definition) is 8. The van der Waals surface area contributed by atoms with Gasteiger partial charge in [-0.25, -0.2) is 19.6 Å². The van der Waals surface area contributed by atoms with Crippen LogP contribution in [0.3, 0.4) is 0 Å². The molecule has 14 heavy (non-hydrogen) atoms. The molecule has 0 N–H and O–H groups in total. The first kappa shape index (κ1) is 16.4. The zero-order valence-corrected chi connectivity index (χ0v) is 9.34. The molecular weight excluding hydrogens is 215 g/mol. The fourth-order valence-corrected chi connectivity index (χ4v) is 1.47. The zero-order valence-electron chi connectivity index (χ0n) is 8.34. The highest BCUT2D eigenvalue weighted by Gasteiger charge is 2.53. The van der Waals surface area contributed by atoms with E-state index in [4.69, 9.17) is 0 Å². The van der Waals surface area contributed by atoms with Gasteiger partial charge in [0.2, 0.25) is 0 Å². The van der Waals surface area contributed by atoms with Crippen molar-refractivity contribution in [2.24, 2.45) is 0 Å². The van der Waals surface area contributed by atoms with E-state index in [9.17, 15) is 0 Å². The van der Waals surface area contributed by atoms with Crippen molar-refractivity contribution < 1.29 is 37.9 Å². The average Bonchev–Trinajstić information content (AvgIpc) is 2.06. The molecule has 0 aromatic heterocycles. The molecule has 0 saturated carbocycles. The van der Waals surface area contributed by atoms with E-state index in [-0.39, 0.29) is 8.41 Å². The molecule has 0 aliphatic carbocycles. The van der Waals surface area contributed by atoms with Crippen LogP contribution in [0.2, 0.25) is 0 Å². The van der Waals surface area contributed by atoms with E-state index >= 15 is 0 Å². The molecule has 0 aromatic carbocycles. The van der Waals surface area contributed by atoms with E-state index in [1.165, 1.54) is 28.4 Å². The van der Waals surface area contributed by atoms with Crippen LogP contribution in [0.5, 0.6) is 0 Å². The minimum atomic E-state index is -3.68. The average molecular weight is 227 g/mol. The summed E-state index contributed by atoms with van der Waals surface area (Å²) in [5, 5.41) is 0. The molecular formula is C4H12BO8Si. The first-order valence-corrected chi connectivity index (χ1v) is 4.75. The minimum Gasteiger partial charge on any atom is -0.245 e. The highest BCUT2D eigenvalue weighted by molar-refractivity contribution is 6.52. The van der Waals surface area contributed by atoms with Gasteiger partial charge in [0.1, 0.15) is 0 Å². The lowest BCUT2D eigenvalue weighted by molar-refractivity contribution is -0.410. The molecule has 0 atom stereocenters. The van der Waals surface area contributed by atoms with Crippen molar-refractivity contribution in [1.29, 1.82) is 0 Å². The summed E-state index contributed by atoms with van der Waals surface area (Å²) in [5.74, 6) is 0. The van der Waals surface area contributed by atoms with Crippen LogP contribution in [-0.4, -0.2) is 45.9 Å². The normalized spacial score (nSPS) is 11.1. The fourth-order valence-electron chi connectivity index (χ4n) is 0.492. The molecule has 3 radical (unpaired) electrons. The van der Waals surface area contributed by atoms with Gasteiger partial charge in [0.15, 0.2) is 0 Å². The van der Waals surface area contributed by atoms with Gasteiger partial charge in [-0.2, -0.15) is 18.3 Å². The smallest absolute Gasteiger partial charge is 0.245 e. The first-order chi connectivity index (χ1) is 6.24. The van der Waals surface area contributed by atoms with Gasteiger partial charge in [-0.1, -0.05) is 0 Å². The van der Waals surface area contributed by atoms with E-state index in [0.717, 1.165) is 0 Å². The lowest BCUT2D eigenvalue weighted by Crippen LogP contribution is -2.48. The second-order valence-electron chi connectivity index (χ2n) is 1.50. The van der Waals surface area contributed by atoms with E-state index in [1.54, 1.807) is 0 Å². The Morgan fingerprint density at radius 3 is 0.929 bits per heavy atom. The maximum atomic E-state index is 4.55. The quantitative estimate of drug-likeness (QED) is 0.307.